The minimum absolute atomic E-state index is 0.0461. The summed E-state index contributed by atoms with van der Waals surface area (Å²) in [7, 11) is 1.95. The highest BCUT2D eigenvalue weighted by molar-refractivity contribution is 6.29. The molecule has 2 aliphatic heterocycles. The van der Waals surface area contributed by atoms with Crippen LogP contribution in [0.1, 0.15) is 58.7 Å². The lowest BCUT2D eigenvalue weighted by Crippen LogP contribution is -2.49. The Morgan fingerprint density at radius 1 is 1.26 bits per heavy atom. The molecule has 2 aromatic heterocycles. The summed E-state index contributed by atoms with van der Waals surface area (Å²) in [5.74, 6) is 2.24. The third-order valence-electron chi connectivity index (χ3n) is 7.57. The Labute approximate surface area is 209 Å². The predicted octanol–water partition coefficient (Wildman–Crippen LogP) is 3.60. The van der Waals surface area contributed by atoms with E-state index in [2.05, 4.69) is 39.6 Å². The molecule has 1 atom stereocenters. The number of hydrogen-bond donors (Lipinski definition) is 1. The number of halogens is 1. The molecule has 8 nitrogen and oxygen atoms in total. The lowest BCUT2D eigenvalue weighted by molar-refractivity contribution is -0.0611. The number of hydrogen-bond acceptors (Lipinski definition) is 6. The second-order valence-corrected chi connectivity index (χ2v) is 10.6. The van der Waals surface area contributed by atoms with Gasteiger partial charge in [-0.1, -0.05) is 23.7 Å². The van der Waals surface area contributed by atoms with Crippen molar-refractivity contribution in [2.45, 2.75) is 44.2 Å². The zero-order chi connectivity index (χ0) is 24.2. The fourth-order valence-electron chi connectivity index (χ4n) is 4.98. The van der Waals surface area contributed by atoms with E-state index in [-0.39, 0.29) is 17.4 Å². The topological polar surface area (TPSA) is 85.2 Å². The van der Waals surface area contributed by atoms with Crippen LogP contribution >= 0.6 is 11.6 Å². The summed E-state index contributed by atoms with van der Waals surface area (Å²) in [6, 6.07) is 10.2. The lowest BCUT2D eigenvalue weighted by Gasteiger charge is -2.41. The number of nitrogens with zero attached hydrogens (tertiary/aromatic N) is 5. The van der Waals surface area contributed by atoms with Gasteiger partial charge in [-0.15, -0.1) is 10.2 Å². The second kappa shape index (κ2) is 8.69. The van der Waals surface area contributed by atoms with E-state index in [0.29, 0.717) is 37.2 Å². The average Bonchev–Trinajstić information content (AvgIpc) is 3.48. The number of aromatic nitrogens is 4. The average molecular weight is 493 g/mol. The first kappa shape index (κ1) is 22.6. The molecule has 0 unspecified atom stereocenters. The van der Waals surface area contributed by atoms with Gasteiger partial charge in [0, 0.05) is 30.5 Å². The van der Waals surface area contributed by atoms with Crippen LogP contribution in [0.3, 0.4) is 0 Å². The molecule has 0 bridgehead atoms. The molecule has 0 radical (unpaired) electrons. The quantitative estimate of drug-likeness (QED) is 0.484. The molecule has 1 saturated carbocycles. The molecule has 3 aliphatic rings. The molecule has 4 heterocycles. The van der Waals surface area contributed by atoms with Gasteiger partial charge in [-0.3, -0.25) is 9.69 Å². The van der Waals surface area contributed by atoms with Crippen molar-refractivity contribution in [3.05, 3.63) is 69.9 Å². The largest absolute Gasteiger partial charge is 0.379 e. The van der Waals surface area contributed by atoms with Crippen LogP contribution in [0.15, 0.2) is 36.7 Å². The molecule has 1 aromatic carbocycles. The van der Waals surface area contributed by atoms with E-state index in [9.17, 15) is 4.79 Å². The standard InChI is InChI=1S/C26H29ClN6O2/c1-16(28-11-17-3-4-17)19-7-22(27)30-23(8-19)33-12-18-5-6-20(9-21(18)25(33)34)26(13-35-14-26)10-24-31-29-15-32(24)2/h5-9,15-17,28H,3-4,10-14H2,1-2H3/t16-/m0/s1. The Morgan fingerprint density at radius 2 is 2.09 bits per heavy atom. The fraction of sp³-hybridized carbons (Fsp3) is 0.462. The van der Waals surface area contributed by atoms with Crippen LogP contribution in [-0.4, -0.2) is 45.4 Å². The molecule has 6 rings (SSSR count). The molecular formula is C26H29ClN6O2. The van der Waals surface area contributed by atoms with Crippen molar-refractivity contribution in [1.29, 1.82) is 0 Å². The van der Waals surface area contributed by atoms with Crippen LogP contribution in [0.4, 0.5) is 5.82 Å². The summed E-state index contributed by atoms with van der Waals surface area (Å²) in [6.45, 7) is 4.82. The molecule has 1 saturated heterocycles. The Kier molecular flexibility index (Phi) is 5.62. The van der Waals surface area contributed by atoms with E-state index in [1.807, 2.05) is 29.8 Å². The Bertz CT molecular complexity index is 1280. The summed E-state index contributed by atoms with van der Waals surface area (Å²) in [6.07, 6.45) is 5.03. The normalized spacial score (nSPS) is 19.5. The molecule has 9 heteroatoms. The van der Waals surface area contributed by atoms with Crippen molar-refractivity contribution in [1.82, 2.24) is 25.1 Å². The summed E-state index contributed by atoms with van der Waals surface area (Å²) in [5.41, 5.74) is 3.65. The van der Waals surface area contributed by atoms with Crippen LogP contribution in [0, 0.1) is 5.92 Å². The number of ether oxygens (including phenoxy) is 1. The lowest BCUT2D eigenvalue weighted by atomic mass is 9.75. The minimum Gasteiger partial charge on any atom is -0.379 e. The first-order chi connectivity index (χ1) is 16.9. The number of pyridine rings is 1. The van der Waals surface area contributed by atoms with Gasteiger partial charge in [0.2, 0.25) is 0 Å². The number of rotatable bonds is 8. The Balaban J connectivity index is 1.25. The van der Waals surface area contributed by atoms with E-state index in [4.69, 9.17) is 16.3 Å². The number of amides is 1. The highest BCUT2D eigenvalue weighted by atomic mass is 35.5. The minimum atomic E-state index is -0.201. The number of benzene rings is 1. The molecule has 1 amide bonds. The van der Waals surface area contributed by atoms with Gasteiger partial charge in [-0.05, 0) is 67.1 Å². The van der Waals surface area contributed by atoms with Crippen molar-refractivity contribution < 1.29 is 9.53 Å². The van der Waals surface area contributed by atoms with Gasteiger partial charge in [-0.25, -0.2) is 4.98 Å². The first-order valence-corrected chi connectivity index (χ1v) is 12.6. The van der Waals surface area contributed by atoms with Crippen LogP contribution in [0.5, 0.6) is 0 Å². The highest BCUT2D eigenvalue weighted by Crippen LogP contribution is 2.38. The van der Waals surface area contributed by atoms with Crippen molar-refractivity contribution >= 4 is 23.3 Å². The SMILES string of the molecule is C[C@H](NCC1CC1)c1cc(Cl)nc(N2Cc3ccc(C4(Cc5nncn5C)COC4)cc3C2=O)c1. The van der Waals surface area contributed by atoms with Crippen molar-refractivity contribution in [3.8, 4) is 0 Å². The summed E-state index contributed by atoms with van der Waals surface area (Å²) in [4.78, 5) is 19.8. The van der Waals surface area contributed by atoms with Gasteiger partial charge in [-0.2, -0.15) is 0 Å². The van der Waals surface area contributed by atoms with Crippen molar-refractivity contribution in [3.63, 3.8) is 0 Å². The van der Waals surface area contributed by atoms with Crippen molar-refractivity contribution in [2.24, 2.45) is 13.0 Å². The number of fused-ring (bicyclic) bond motifs is 1. The third kappa shape index (κ3) is 4.24. The van der Waals surface area contributed by atoms with Gasteiger partial charge >= 0.3 is 0 Å². The monoisotopic (exact) mass is 492 g/mol. The van der Waals surface area contributed by atoms with Gasteiger partial charge in [0.25, 0.3) is 5.91 Å². The number of nitrogens with one attached hydrogen (secondary N) is 1. The Morgan fingerprint density at radius 3 is 2.77 bits per heavy atom. The second-order valence-electron chi connectivity index (χ2n) is 10.2. The van der Waals surface area contributed by atoms with Gasteiger partial charge in [0.15, 0.2) is 0 Å². The molecule has 35 heavy (non-hydrogen) atoms. The van der Waals surface area contributed by atoms with Crippen molar-refractivity contribution in [2.75, 3.05) is 24.7 Å². The molecule has 0 spiro atoms. The zero-order valence-electron chi connectivity index (χ0n) is 20.0. The molecular weight excluding hydrogens is 464 g/mol. The van der Waals surface area contributed by atoms with Crippen LogP contribution in [0.2, 0.25) is 5.15 Å². The van der Waals surface area contributed by atoms with Gasteiger partial charge in [0.05, 0.1) is 19.8 Å². The molecule has 1 N–H and O–H groups in total. The Hall–Kier alpha value is -2.81. The molecule has 2 fully saturated rings. The zero-order valence-corrected chi connectivity index (χ0v) is 20.8. The fourth-order valence-corrected chi connectivity index (χ4v) is 5.19. The summed E-state index contributed by atoms with van der Waals surface area (Å²) < 4.78 is 7.56. The predicted molar refractivity (Wildman–Crippen MR) is 133 cm³/mol. The van der Waals surface area contributed by atoms with E-state index in [0.717, 1.165) is 40.5 Å². The number of carbonyl (C=O) groups excluding carboxylic acids is 1. The smallest absolute Gasteiger partial charge is 0.260 e. The van der Waals surface area contributed by atoms with E-state index in [1.54, 1.807) is 11.2 Å². The number of carbonyl (C=O) groups is 1. The molecule has 1 aliphatic carbocycles. The van der Waals surface area contributed by atoms with E-state index < -0.39 is 0 Å². The van der Waals surface area contributed by atoms with Crippen LogP contribution in [-0.2, 0) is 30.2 Å². The third-order valence-corrected chi connectivity index (χ3v) is 7.77. The highest BCUT2D eigenvalue weighted by Gasteiger charge is 2.43. The maximum Gasteiger partial charge on any atom is 0.260 e. The maximum absolute atomic E-state index is 13.5. The van der Waals surface area contributed by atoms with Crippen LogP contribution in [0.25, 0.3) is 0 Å². The van der Waals surface area contributed by atoms with Crippen LogP contribution < -0.4 is 10.2 Å². The summed E-state index contributed by atoms with van der Waals surface area (Å²) >= 11 is 6.39. The molecule has 3 aromatic rings. The van der Waals surface area contributed by atoms with Gasteiger partial charge < -0.3 is 14.6 Å². The van der Waals surface area contributed by atoms with E-state index in [1.165, 1.54) is 12.8 Å². The van der Waals surface area contributed by atoms with Gasteiger partial charge in [0.1, 0.15) is 23.1 Å². The maximum atomic E-state index is 13.5. The summed E-state index contributed by atoms with van der Waals surface area (Å²) in [5, 5.41) is 12.2. The number of anilines is 1. The first-order valence-electron chi connectivity index (χ1n) is 12.2. The number of aryl methyl sites for hydroxylation is 1. The molecule has 182 valence electrons. The van der Waals surface area contributed by atoms with E-state index >= 15 is 0 Å².